The number of ether oxygens (including phenoxy) is 1. The second kappa shape index (κ2) is 4.15. The minimum absolute atomic E-state index is 0.167. The van der Waals surface area contributed by atoms with Crippen molar-refractivity contribution in [1.82, 2.24) is 0 Å². The normalized spacial score (nSPS) is 26.0. The SMILES string of the molecule is C#CCCCC1C[C@H]1OC(C)=O. The van der Waals surface area contributed by atoms with Gasteiger partial charge in [-0.3, -0.25) is 4.79 Å². The van der Waals surface area contributed by atoms with Crippen LogP contribution in [0, 0.1) is 18.3 Å². The van der Waals surface area contributed by atoms with E-state index in [9.17, 15) is 4.79 Å². The maximum atomic E-state index is 10.5. The van der Waals surface area contributed by atoms with Crippen LogP contribution < -0.4 is 0 Å². The topological polar surface area (TPSA) is 26.3 Å². The highest BCUT2D eigenvalue weighted by molar-refractivity contribution is 5.66. The van der Waals surface area contributed by atoms with Crippen LogP contribution in [0.4, 0.5) is 0 Å². The van der Waals surface area contributed by atoms with Gasteiger partial charge in [0.15, 0.2) is 0 Å². The summed E-state index contributed by atoms with van der Waals surface area (Å²) < 4.78 is 5.01. The number of terminal acetylenes is 1. The van der Waals surface area contributed by atoms with Crippen molar-refractivity contribution in [3.8, 4) is 12.3 Å². The van der Waals surface area contributed by atoms with Gasteiger partial charge in [-0.25, -0.2) is 0 Å². The number of esters is 1. The lowest BCUT2D eigenvalue weighted by Crippen LogP contribution is -2.02. The summed E-state index contributed by atoms with van der Waals surface area (Å²) in [4.78, 5) is 10.5. The van der Waals surface area contributed by atoms with Gasteiger partial charge in [-0.2, -0.15) is 0 Å². The first-order chi connectivity index (χ1) is 5.74. The number of unbranched alkanes of at least 4 members (excludes halogenated alkanes) is 1. The highest BCUT2D eigenvalue weighted by atomic mass is 16.5. The van der Waals surface area contributed by atoms with E-state index in [1.807, 2.05) is 0 Å². The molecule has 2 nitrogen and oxygen atoms in total. The zero-order valence-electron chi connectivity index (χ0n) is 7.38. The third kappa shape index (κ3) is 2.96. The Morgan fingerprint density at radius 3 is 3.08 bits per heavy atom. The molecule has 0 spiro atoms. The van der Waals surface area contributed by atoms with Crippen molar-refractivity contribution < 1.29 is 9.53 Å². The summed E-state index contributed by atoms with van der Waals surface area (Å²) in [5, 5.41) is 0. The van der Waals surface area contributed by atoms with Crippen molar-refractivity contribution in [1.29, 1.82) is 0 Å². The van der Waals surface area contributed by atoms with Gasteiger partial charge in [0, 0.05) is 13.3 Å². The Morgan fingerprint density at radius 2 is 2.50 bits per heavy atom. The molecule has 0 heterocycles. The van der Waals surface area contributed by atoms with Crippen molar-refractivity contribution in [2.75, 3.05) is 0 Å². The van der Waals surface area contributed by atoms with Crippen molar-refractivity contribution in [3.05, 3.63) is 0 Å². The number of carbonyl (C=O) groups excluding carboxylic acids is 1. The Hall–Kier alpha value is -0.970. The summed E-state index contributed by atoms with van der Waals surface area (Å²) in [6.45, 7) is 1.46. The molecule has 1 rings (SSSR count). The second-order valence-corrected chi connectivity index (χ2v) is 3.24. The summed E-state index contributed by atoms with van der Waals surface area (Å²) in [5.41, 5.74) is 0. The fourth-order valence-corrected chi connectivity index (χ4v) is 1.35. The summed E-state index contributed by atoms with van der Waals surface area (Å²) in [7, 11) is 0. The van der Waals surface area contributed by atoms with E-state index in [0.29, 0.717) is 5.92 Å². The number of hydrogen-bond donors (Lipinski definition) is 0. The second-order valence-electron chi connectivity index (χ2n) is 3.24. The van der Waals surface area contributed by atoms with Gasteiger partial charge in [-0.15, -0.1) is 12.3 Å². The van der Waals surface area contributed by atoms with Gasteiger partial charge < -0.3 is 4.74 Å². The number of carbonyl (C=O) groups is 1. The van der Waals surface area contributed by atoms with Crippen molar-refractivity contribution in [2.24, 2.45) is 5.92 Å². The maximum Gasteiger partial charge on any atom is 0.302 e. The van der Waals surface area contributed by atoms with Gasteiger partial charge in [0.25, 0.3) is 0 Å². The molecule has 1 saturated carbocycles. The molecule has 1 aliphatic rings. The highest BCUT2D eigenvalue weighted by Gasteiger charge is 2.39. The first-order valence-corrected chi connectivity index (χ1v) is 4.34. The summed E-state index contributed by atoms with van der Waals surface area (Å²) in [5.74, 6) is 3.02. The average Bonchev–Trinajstić information content (AvgIpc) is 2.67. The molecule has 0 bridgehead atoms. The quantitative estimate of drug-likeness (QED) is 0.361. The third-order valence-corrected chi connectivity index (χ3v) is 2.07. The first-order valence-electron chi connectivity index (χ1n) is 4.34. The van der Waals surface area contributed by atoms with E-state index in [0.717, 1.165) is 25.7 Å². The largest absolute Gasteiger partial charge is 0.462 e. The standard InChI is InChI=1S/C10H14O2/c1-3-4-5-6-9-7-10(9)12-8(2)11/h1,9-10H,4-7H2,2H3/t9?,10-/m1/s1. The van der Waals surface area contributed by atoms with Crippen LogP contribution in [-0.4, -0.2) is 12.1 Å². The van der Waals surface area contributed by atoms with Crippen LogP contribution in [0.15, 0.2) is 0 Å². The van der Waals surface area contributed by atoms with Gasteiger partial charge in [-0.05, 0) is 25.2 Å². The molecule has 0 aromatic heterocycles. The Kier molecular flexibility index (Phi) is 3.16. The minimum atomic E-state index is -0.167. The molecular formula is C10H14O2. The molecule has 0 N–H and O–H groups in total. The molecular weight excluding hydrogens is 152 g/mol. The molecule has 1 fully saturated rings. The van der Waals surface area contributed by atoms with Gasteiger partial charge in [-0.1, -0.05) is 0 Å². The molecule has 1 aliphatic carbocycles. The fourth-order valence-electron chi connectivity index (χ4n) is 1.35. The van der Waals surface area contributed by atoms with Gasteiger partial charge in [0.05, 0.1) is 0 Å². The van der Waals surface area contributed by atoms with E-state index in [4.69, 9.17) is 11.2 Å². The maximum absolute atomic E-state index is 10.5. The molecule has 0 aliphatic heterocycles. The zero-order chi connectivity index (χ0) is 8.97. The Balaban J connectivity index is 2.01. The van der Waals surface area contributed by atoms with E-state index in [2.05, 4.69) is 5.92 Å². The van der Waals surface area contributed by atoms with E-state index in [-0.39, 0.29) is 12.1 Å². The molecule has 66 valence electrons. The third-order valence-electron chi connectivity index (χ3n) is 2.07. The number of rotatable bonds is 4. The van der Waals surface area contributed by atoms with E-state index in [1.165, 1.54) is 6.92 Å². The monoisotopic (exact) mass is 166 g/mol. The van der Waals surface area contributed by atoms with Crippen LogP contribution in [-0.2, 0) is 9.53 Å². The van der Waals surface area contributed by atoms with Crippen LogP contribution in [0.2, 0.25) is 0 Å². The van der Waals surface area contributed by atoms with E-state index < -0.39 is 0 Å². The van der Waals surface area contributed by atoms with E-state index >= 15 is 0 Å². The predicted octanol–water partition coefficient (Wildman–Crippen LogP) is 1.74. The molecule has 2 heteroatoms. The summed E-state index contributed by atoms with van der Waals surface area (Å²) >= 11 is 0. The summed E-state index contributed by atoms with van der Waals surface area (Å²) in [6.07, 6.45) is 9.33. The number of hydrogen-bond acceptors (Lipinski definition) is 2. The lowest BCUT2D eigenvalue weighted by Gasteiger charge is -1.98. The Morgan fingerprint density at radius 1 is 1.75 bits per heavy atom. The lowest BCUT2D eigenvalue weighted by atomic mass is 10.2. The average molecular weight is 166 g/mol. The van der Waals surface area contributed by atoms with Gasteiger partial charge >= 0.3 is 5.97 Å². The first kappa shape index (κ1) is 9.12. The van der Waals surface area contributed by atoms with E-state index in [1.54, 1.807) is 0 Å². The molecule has 0 amide bonds. The highest BCUT2D eigenvalue weighted by Crippen LogP contribution is 2.37. The zero-order valence-corrected chi connectivity index (χ0v) is 7.38. The van der Waals surface area contributed by atoms with Crippen LogP contribution in [0.3, 0.4) is 0 Å². The Labute approximate surface area is 73.3 Å². The van der Waals surface area contributed by atoms with Crippen LogP contribution in [0.5, 0.6) is 0 Å². The molecule has 0 aromatic rings. The molecule has 0 saturated heterocycles. The molecule has 0 aromatic carbocycles. The van der Waals surface area contributed by atoms with Crippen molar-refractivity contribution in [3.63, 3.8) is 0 Å². The Bertz CT molecular complexity index is 202. The smallest absolute Gasteiger partial charge is 0.302 e. The van der Waals surface area contributed by atoms with Gasteiger partial charge in [0.1, 0.15) is 6.10 Å². The minimum Gasteiger partial charge on any atom is -0.462 e. The van der Waals surface area contributed by atoms with Crippen molar-refractivity contribution >= 4 is 5.97 Å². The van der Waals surface area contributed by atoms with Gasteiger partial charge in [0.2, 0.25) is 0 Å². The van der Waals surface area contributed by atoms with Crippen LogP contribution >= 0.6 is 0 Å². The molecule has 2 atom stereocenters. The predicted molar refractivity (Wildman–Crippen MR) is 46.3 cm³/mol. The van der Waals surface area contributed by atoms with Crippen LogP contribution in [0.1, 0.15) is 32.6 Å². The fraction of sp³-hybridized carbons (Fsp3) is 0.700. The molecule has 12 heavy (non-hydrogen) atoms. The molecule has 1 unspecified atom stereocenters. The lowest BCUT2D eigenvalue weighted by molar-refractivity contribution is -0.142. The van der Waals surface area contributed by atoms with Crippen LogP contribution in [0.25, 0.3) is 0 Å². The summed E-state index contributed by atoms with van der Waals surface area (Å²) in [6, 6.07) is 0. The molecule has 0 radical (unpaired) electrons. The van der Waals surface area contributed by atoms with Crippen molar-refractivity contribution in [2.45, 2.75) is 38.7 Å².